The maximum absolute atomic E-state index is 12.8. The van der Waals surface area contributed by atoms with Crippen LogP contribution in [0.3, 0.4) is 0 Å². The molecule has 0 aliphatic heterocycles. The standard InChI is InChI=1S/C20H20ClN3O3S2/c1-12-5-10-16(29(26,27)24(3)4)11-17(12)19(25)23-20-22-18(13(2)28-20)14-6-8-15(21)9-7-14/h5-11H,1-4H3,(H,22,23,25). The van der Waals surface area contributed by atoms with Gasteiger partial charge >= 0.3 is 0 Å². The summed E-state index contributed by atoms with van der Waals surface area (Å²) in [5, 5.41) is 3.86. The Morgan fingerprint density at radius 1 is 1.10 bits per heavy atom. The van der Waals surface area contributed by atoms with E-state index in [1.54, 1.807) is 25.1 Å². The molecule has 1 amide bonds. The molecule has 6 nitrogen and oxygen atoms in total. The van der Waals surface area contributed by atoms with Crippen molar-refractivity contribution in [1.82, 2.24) is 9.29 Å². The average molecular weight is 450 g/mol. The van der Waals surface area contributed by atoms with Crippen molar-refractivity contribution >= 4 is 44.0 Å². The van der Waals surface area contributed by atoms with Crippen molar-refractivity contribution in [3.8, 4) is 11.3 Å². The van der Waals surface area contributed by atoms with Gasteiger partial charge in [-0.1, -0.05) is 29.8 Å². The number of aromatic nitrogens is 1. The summed E-state index contributed by atoms with van der Waals surface area (Å²) in [6.07, 6.45) is 0. The Kier molecular flexibility index (Phi) is 6.09. The van der Waals surface area contributed by atoms with Gasteiger partial charge in [0.05, 0.1) is 10.6 Å². The van der Waals surface area contributed by atoms with Gasteiger partial charge in [-0.15, -0.1) is 11.3 Å². The van der Waals surface area contributed by atoms with Gasteiger partial charge in [0, 0.05) is 35.1 Å². The predicted molar refractivity (Wildman–Crippen MR) is 117 cm³/mol. The highest BCUT2D eigenvalue weighted by atomic mass is 35.5. The van der Waals surface area contributed by atoms with Crippen molar-refractivity contribution < 1.29 is 13.2 Å². The van der Waals surface area contributed by atoms with Crippen LogP contribution in [-0.2, 0) is 10.0 Å². The molecule has 3 rings (SSSR count). The number of carbonyl (C=O) groups excluding carboxylic acids is 1. The largest absolute Gasteiger partial charge is 0.298 e. The van der Waals surface area contributed by atoms with Crippen molar-refractivity contribution in [3.63, 3.8) is 0 Å². The van der Waals surface area contributed by atoms with Crippen molar-refractivity contribution in [2.75, 3.05) is 19.4 Å². The molecule has 152 valence electrons. The van der Waals surface area contributed by atoms with Crippen molar-refractivity contribution in [3.05, 3.63) is 63.5 Å². The van der Waals surface area contributed by atoms with E-state index >= 15 is 0 Å². The fraction of sp³-hybridized carbons (Fsp3) is 0.200. The molecule has 0 unspecified atom stereocenters. The minimum absolute atomic E-state index is 0.0652. The first-order valence-electron chi connectivity index (χ1n) is 8.67. The first-order chi connectivity index (χ1) is 13.6. The molecule has 9 heteroatoms. The van der Waals surface area contributed by atoms with Gasteiger partial charge in [0.15, 0.2) is 5.13 Å². The summed E-state index contributed by atoms with van der Waals surface area (Å²) in [7, 11) is -0.735. The Bertz CT molecular complexity index is 1170. The number of amides is 1. The van der Waals surface area contributed by atoms with Crippen LogP contribution < -0.4 is 5.32 Å². The summed E-state index contributed by atoms with van der Waals surface area (Å²) in [6, 6.07) is 11.8. The third-order valence-electron chi connectivity index (χ3n) is 4.37. The molecule has 29 heavy (non-hydrogen) atoms. The van der Waals surface area contributed by atoms with Crippen LogP contribution in [0.1, 0.15) is 20.8 Å². The molecular formula is C20H20ClN3O3S2. The van der Waals surface area contributed by atoms with Gasteiger partial charge in [-0.2, -0.15) is 0 Å². The van der Waals surface area contributed by atoms with Crippen LogP contribution in [0, 0.1) is 13.8 Å². The molecule has 0 radical (unpaired) electrons. The monoisotopic (exact) mass is 449 g/mol. The highest BCUT2D eigenvalue weighted by Gasteiger charge is 2.21. The number of nitrogens with one attached hydrogen (secondary N) is 1. The van der Waals surface area contributed by atoms with Crippen LogP contribution >= 0.6 is 22.9 Å². The van der Waals surface area contributed by atoms with Crippen LogP contribution in [0.15, 0.2) is 47.4 Å². The zero-order chi connectivity index (χ0) is 21.3. The van der Waals surface area contributed by atoms with Crippen LogP contribution in [-0.4, -0.2) is 37.7 Å². The first-order valence-corrected chi connectivity index (χ1v) is 11.3. The fourth-order valence-electron chi connectivity index (χ4n) is 2.71. The zero-order valence-electron chi connectivity index (χ0n) is 16.4. The summed E-state index contributed by atoms with van der Waals surface area (Å²) in [4.78, 5) is 18.3. The number of hydrogen-bond donors (Lipinski definition) is 1. The second-order valence-corrected chi connectivity index (χ2v) is 10.4. The first kappa shape index (κ1) is 21.4. The van der Waals surface area contributed by atoms with E-state index in [0.29, 0.717) is 15.7 Å². The number of nitrogens with zero attached hydrogens (tertiary/aromatic N) is 2. The number of thiazole rings is 1. The number of hydrogen-bond acceptors (Lipinski definition) is 5. The fourth-order valence-corrected chi connectivity index (χ4v) is 4.59. The number of aryl methyl sites for hydroxylation is 2. The maximum atomic E-state index is 12.8. The molecule has 0 saturated heterocycles. The minimum atomic E-state index is -3.64. The lowest BCUT2D eigenvalue weighted by molar-refractivity contribution is 0.102. The van der Waals surface area contributed by atoms with Crippen molar-refractivity contribution in [1.29, 1.82) is 0 Å². The SMILES string of the molecule is Cc1ccc(S(=O)(=O)N(C)C)cc1C(=O)Nc1nc(-c2ccc(Cl)cc2)c(C)s1. The summed E-state index contributed by atoms with van der Waals surface area (Å²) in [5.41, 5.74) is 2.63. The third kappa shape index (κ3) is 4.51. The van der Waals surface area contributed by atoms with E-state index in [4.69, 9.17) is 11.6 Å². The predicted octanol–water partition coefficient (Wildman–Crippen LogP) is 4.58. The smallest absolute Gasteiger partial charge is 0.257 e. The van der Waals surface area contributed by atoms with Gasteiger partial charge in [-0.05, 0) is 43.7 Å². The molecule has 0 aliphatic carbocycles. The minimum Gasteiger partial charge on any atom is -0.298 e. The van der Waals surface area contributed by atoms with E-state index in [0.717, 1.165) is 20.4 Å². The van der Waals surface area contributed by atoms with Crippen molar-refractivity contribution in [2.45, 2.75) is 18.7 Å². The molecule has 0 aliphatic rings. The highest BCUT2D eigenvalue weighted by molar-refractivity contribution is 7.89. The lowest BCUT2D eigenvalue weighted by Gasteiger charge is -2.13. The molecule has 1 aromatic heterocycles. The van der Waals surface area contributed by atoms with E-state index in [1.807, 2.05) is 19.1 Å². The molecular weight excluding hydrogens is 430 g/mol. The van der Waals surface area contributed by atoms with Gasteiger partial charge in [0.1, 0.15) is 0 Å². The maximum Gasteiger partial charge on any atom is 0.257 e. The van der Waals surface area contributed by atoms with Gasteiger partial charge in [0.25, 0.3) is 5.91 Å². The molecule has 0 saturated carbocycles. The van der Waals surface area contributed by atoms with E-state index in [9.17, 15) is 13.2 Å². The van der Waals surface area contributed by atoms with Gasteiger partial charge < -0.3 is 0 Å². The molecule has 3 aromatic rings. The third-order valence-corrected chi connectivity index (χ3v) is 7.32. The summed E-state index contributed by atoms with van der Waals surface area (Å²) in [5.74, 6) is -0.408. The molecule has 1 N–H and O–H groups in total. The lowest BCUT2D eigenvalue weighted by Crippen LogP contribution is -2.23. The number of rotatable bonds is 5. The molecule has 0 atom stereocenters. The Morgan fingerprint density at radius 3 is 2.38 bits per heavy atom. The number of sulfonamides is 1. The Hall–Kier alpha value is -2.26. The van der Waals surface area contributed by atoms with Gasteiger partial charge in [0.2, 0.25) is 10.0 Å². The summed E-state index contributed by atoms with van der Waals surface area (Å²) < 4.78 is 25.9. The van der Waals surface area contributed by atoms with E-state index < -0.39 is 15.9 Å². The normalized spacial score (nSPS) is 11.7. The summed E-state index contributed by atoms with van der Waals surface area (Å²) in [6.45, 7) is 3.68. The van der Waals surface area contributed by atoms with Crippen LogP contribution in [0.4, 0.5) is 5.13 Å². The Morgan fingerprint density at radius 2 is 1.76 bits per heavy atom. The van der Waals surface area contributed by atoms with Crippen LogP contribution in [0.25, 0.3) is 11.3 Å². The van der Waals surface area contributed by atoms with E-state index in [-0.39, 0.29) is 10.5 Å². The highest BCUT2D eigenvalue weighted by Crippen LogP contribution is 2.31. The van der Waals surface area contributed by atoms with Gasteiger partial charge in [-0.25, -0.2) is 17.7 Å². The number of carbonyl (C=O) groups is 1. The second-order valence-electron chi connectivity index (χ2n) is 6.65. The number of anilines is 1. The molecule has 0 fully saturated rings. The summed E-state index contributed by atoms with van der Waals surface area (Å²) >= 11 is 7.29. The molecule has 1 heterocycles. The van der Waals surface area contributed by atoms with Crippen molar-refractivity contribution in [2.24, 2.45) is 0 Å². The molecule has 0 bridgehead atoms. The molecule has 0 spiro atoms. The molecule has 2 aromatic carbocycles. The average Bonchev–Trinajstić information content (AvgIpc) is 3.02. The zero-order valence-corrected chi connectivity index (χ0v) is 18.7. The number of benzene rings is 2. The van der Waals surface area contributed by atoms with Crippen LogP contribution in [0.5, 0.6) is 0 Å². The van der Waals surface area contributed by atoms with Gasteiger partial charge in [-0.3, -0.25) is 10.1 Å². The van der Waals surface area contributed by atoms with E-state index in [1.165, 1.54) is 37.6 Å². The quantitative estimate of drug-likeness (QED) is 0.618. The Balaban J connectivity index is 1.90. The lowest BCUT2D eigenvalue weighted by atomic mass is 10.1. The number of halogens is 1. The van der Waals surface area contributed by atoms with E-state index in [2.05, 4.69) is 10.3 Å². The second kappa shape index (κ2) is 8.23. The van der Waals surface area contributed by atoms with Crippen LogP contribution in [0.2, 0.25) is 5.02 Å². The topological polar surface area (TPSA) is 79.4 Å². The Labute approximate surface area is 179 Å².